The SMILES string of the molecule is N#CC=Cc1ccc2c(c1)c1ccccc1n2[C@H]1CC(O)[C@@H](CO)O1. The summed E-state index contributed by atoms with van der Waals surface area (Å²) in [5.41, 5.74) is 2.98. The Labute approximate surface area is 145 Å². The fourth-order valence-corrected chi connectivity index (χ4v) is 3.61. The molecule has 2 heterocycles. The molecule has 3 atom stereocenters. The van der Waals surface area contributed by atoms with Gasteiger partial charge in [-0.2, -0.15) is 5.26 Å². The number of nitrogens with zero attached hydrogens (tertiary/aromatic N) is 2. The number of nitriles is 1. The first-order chi connectivity index (χ1) is 12.2. The van der Waals surface area contributed by atoms with Crippen molar-refractivity contribution in [2.75, 3.05) is 6.61 Å². The van der Waals surface area contributed by atoms with Crippen molar-refractivity contribution in [3.05, 3.63) is 54.1 Å². The van der Waals surface area contributed by atoms with Crippen LogP contribution < -0.4 is 0 Å². The average Bonchev–Trinajstić information content (AvgIpc) is 3.17. The van der Waals surface area contributed by atoms with E-state index in [2.05, 4.69) is 16.7 Å². The Kier molecular flexibility index (Phi) is 4.02. The van der Waals surface area contributed by atoms with E-state index in [1.54, 1.807) is 6.08 Å². The third-order valence-corrected chi connectivity index (χ3v) is 4.76. The lowest BCUT2D eigenvalue weighted by molar-refractivity contribution is -0.0416. The van der Waals surface area contributed by atoms with Gasteiger partial charge >= 0.3 is 0 Å². The number of aliphatic hydroxyl groups excluding tert-OH is 2. The standard InChI is InChI=1S/C20H18N2O3/c21-9-3-4-13-7-8-17-15(10-13)14-5-1-2-6-16(14)22(17)20-11-18(24)19(12-23)25-20/h1-8,10,18-20,23-24H,11-12H2/t18?,19-,20-/m1/s1. The van der Waals surface area contributed by atoms with Crippen molar-refractivity contribution in [3.63, 3.8) is 0 Å². The molecule has 2 aromatic carbocycles. The Balaban J connectivity index is 1.91. The number of rotatable bonds is 3. The number of ether oxygens (including phenoxy) is 1. The predicted octanol–water partition coefficient (Wildman–Crippen LogP) is 2.97. The zero-order chi connectivity index (χ0) is 17.4. The van der Waals surface area contributed by atoms with Crippen LogP contribution in [0.3, 0.4) is 0 Å². The highest BCUT2D eigenvalue weighted by Crippen LogP contribution is 2.38. The van der Waals surface area contributed by atoms with Crippen LogP contribution in [0.2, 0.25) is 0 Å². The Bertz CT molecular complexity index is 999. The van der Waals surface area contributed by atoms with E-state index in [9.17, 15) is 10.2 Å². The van der Waals surface area contributed by atoms with Crippen LogP contribution in [0.4, 0.5) is 0 Å². The van der Waals surface area contributed by atoms with Crippen molar-refractivity contribution in [1.29, 1.82) is 5.26 Å². The van der Waals surface area contributed by atoms with Gasteiger partial charge in [-0.1, -0.05) is 24.3 Å². The van der Waals surface area contributed by atoms with Gasteiger partial charge in [0.2, 0.25) is 0 Å². The fourth-order valence-electron chi connectivity index (χ4n) is 3.61. The van der Waals surface area contributed by atoms with Gasteiger partial charge in [0.05, 0.1) is 29.8 Å². The first-order valence-electron chi connectivity index (χ1n) is 8.26. The summed E-state index contributed by atoms with van der Waals surface area (Å²) in [6, 6.07) is 16.1. The molecule has 5 heteroatoms. The maximum absolute atomic E-state index is 10.1. The minimum Gasteiger partial charge on any atom is -0.394 e. The van der Waals surface area contributed by atoms with Crippen LogP contribution in [0.5, 0.6) is 0 Å². The van der Waals surface area contributed by atoms with Crippen molar-refractivity contribution >= 4 is 27.9 Å². The van der Waals surface area contributed by atoms with Crippen LogP contribution in [0, 0.1) is 11.3 Å². The number of fused-ring (bicyclic) bond motifs is 3. The number of para-hydroxylation sites is 1. The average molecular weight is 334 g/mol. The highest BCUT2D eigenvalue weighted by atomic mass is 16.5. The third kappa shape index (κ3) is 2.61. The summed E-state index contributed by atoms with van der Waals surface area (Å²) in [7, 11) is 0. The van der Waals surface area contributed by atoms with Gasteiger partial charge < -0.3 is 19.5 Å². The van der Waals surface area contributed by atoms with Crippen molar-refractivity contribution < 1.29 is 14.9 Å². The van der Waals surface area contributed by atoms with Crippen molar-refractivity contribution in [2.45, 2.75) is 24.9 Å². The second-order valence-electron chi connectivity index (χ2n) is 6.24. The highest BCUT2D eigenvalue weighted by molar-refractivity contribution is 6.08. The molecule has 0 aliphatic carbocycles. The van der Waals surface area contributed by atoms with E-state index in [4.69, 9.17) is 10.00 Å². The number of hydrogen-bond acceptors (Lipinski definition) is 4. The second-order valence-corrected chi connectivity index (χ2v) is 6.24. The molecule has 3 aromatic rings. The second kappa shape index (κ2) is 6.34. The summed E-state index contributed by atoms with van der Waals surface area (Å²) in [4.78, 5) is 0. The molecule has 1 unspecified atom stereocenters. The zero-order valence-corrected chi connectivity index (χ0v) is 13.5. The van der Waals surface area contributed by atoms with Crippen LogP contribution in [0.25, 0.3) is 27.9 Å². The molecule has 2 N–H and O–H groups in total. The number of benzene rings is 2. The van der Waals surface area contributed by atoms with Crippen molar-refractivity contribution in [1.82, 2.24) is 4.57 Å². The number of allylic oxidation sites excluding steroid dienone is 1. The Morgan fingerprint density at radius 2 is 2.00 bits per heavy atom. The van der Waals surface area contributed by atoms with Gasteiger partial charge in [0.15, 0.2) is 0 Å². The summed E-state index contributed by atoms with van der Waals surface area (Å²) in [6.45, 7) is -0.197. The predicted molar refractivity (Wildman–Crippen MR) is 95.7 cm³/mol. The molecule has 5 nitrogen and oxygen atoms in total. The molecule has 0 spiro atoms. The number of aliphatic hydroxyl groups is 2. The quantitative estimate of drug-likeness (QED) is 0.722. The third-order valence-electron chi connectivity index (χ3n) is 4.76. The Hall–Kier alpha value is -2.65. The summed E-state index contributed by atoms with van der Waals surface area (Å²) < 4.78 is 7.97. The molecule has 0 saturated carbocycles. The topological polar surface area (TPSA) is 78.4 Å². The minimum atomic E-state index is -0.677. The molecule has 1 aliphatic heterocycles. The molecule has 25 heavy (non-hydrogen) atoms. The molecule has 1 aliphatic rings. The number of hydrogen-bond donors (Lipinski definition) is 2. The Morgan fingerprint density at radius 3 is 2.76 bits per heavy atom. The van der Waals surface area contributed by atoms with Gasteiger partial charge in [-0.25, -0.2) is 0 Å². The van der Waals surface area contributed by atoms with Crippen LogP contribution >= 0.6 is 0 Å². The minimum absolute atomic E-state index is 0.197. The van der Waals surface area contributed by atoms with Gasteiger partial charge in [0.1, 0.15) is 12.3 Å². The summed E-state index contributed by atoms with van der Waals surface area (Å²) in [5.74, 6) is 0. The van der Waals surface area contributed by atoms with Gasteiger partial charge in [0, 0.05) is 23.3 Å². The van der Waals surface area contributed by atoms with Crippen molar-refractivity contribution in [2.24, 2.45) is 0 Å². The van der Waals surface area contributed by atoms with Crippen molar-refractivity contribution in [3.8, 4) is 6.07 Å². The normalized spacial score (nSPS) is 23.6. The lowest BCUT2D eigenvalue weighted by atomic mass is 10.1. The molecule has 0 bridgehead atoms. The molecule has 0 radical (unpaired) electrons. The molecular weight excluding hydrogens is 316 g/mol. The summed E-state index contributed by atoms with van der Waals surface area (Å²) >= 11 is 0. The van der Waals surface area contributed by atoms with E-state index in [0.717, 1.165) is 27.4 Å². The first-order valence-corrected chi connectivity index (χ1v) is 8.26. The smallest absolute Gasteiger partial charge is 0.137 e. The van der Waals surface area contributed by atoms with Gasteiger partial charge in [-0.3, -0.25) is 0 Å². The molecule has 4 rings (SSSR count). The van der Waals surface area contributed by atoms with E-state index >= 15 is 0 Å². The lowest BCUT2D eigenvalue weighted by Crippen LogP contribution is -2.24. The summed E-state index contributed by atoms with van der Waals surface area (Å²) in [5, 5.41) is 30.4. The van der Waals surface area contributed by atoms with E-state index < -0.39 is 12.2 Å². The molecule has 126 valence electrons. The lowest BCUT2D eigenvalue weighted by Gasteiger charge is -2.16. The fraction of sp³-hybridized carbons (Fsp3) is 0.250. The maximum Gasteiger partial charge on any atom is 0.137 e. The van der Waals surface area contributed by atoms with Gasteiger partial charge in [-0.15, -0.1) is 0 Å². The molecule has 1 saturated heterocycles. The molecule has 1 fully saturated rings. The highest BCUT2D eigenvalue weighted by Gasteiger charge is 2.35. The van der Waals surface area contributed by atoms with Crippen LogP contribution in [0.1, 0.15) is 18.2 Å². The largest absolute Gasteiger partial charge is 0.394 e. The number of aromatic nitrogens is 1. The molecular formula is C20H18N2O3. The monoisotopic (exact) mass is 334 g/mol. The van der Waals surface area contributed by atoms with Gasteiger partial charge in [-0.05, 0) is 29.8 Å². The zero-order valence-electron chi connectivity index (χ0n) is 13.5. The van der Waals surface area contributed by atoms with Crippen LogP contribution in [-0.2, 0) is 4.74 Å². The van der Waals surface area contributed by atoms with Crippen LogP contribution in [0.15, 0.2) is 48.5 Å². The first kappa shape index (κ1) is 15.9. The maximum atomic E-state index is 10.1. The van der Waals surface area contributed by atoms with Crippen LogP contribution in [-0.4, -0.2) is 33.6 Å². The van der Waals surface area contributed by atoms with E-state index in [1.165, 1.54) is 6.08 Å². The van der Waals surface area contributed by atoms with Gasteiger partial charge in [0.25, 0.3) is 0 Å². The van der Waals surface area contributed by atoms with E-state index in [1.807, 2.05) is 36.4 Å². The molecule has 1 aromatic heterocycles. The molecule has 0 amide bonds. The van der Waals surface area contributed by atoms with E-state index in [-0.39, 0.29) is 12.8 Å². The Morgan fingerprint density at radius 1 is 1.20 bits per heavy atom. The van der Waals surface area contributed by atoms with E-state index in [0.29, 0.717) is 6.42 Å². The summed E-state index contributed by atoms with van der Waals surface area (Å²) in [6.07, 6.45) is 2.12.